The number of carbonyl (C=O) groups is 1. The first kappa shape index (κ1) is 19.8. The third kappa shape index (κ3) is 4.15. The van der Waals surface area contributed by atoms with Crippen LogP contribution in [0.2, 0.25) is 5.02 Å². The number of nitrogens with zero attached hydrogens (tertiary/aromatic N) is 2. The van der Waals surface area contributed by atoms with Crippen molar-refractivity contribution in [3.8, 4) is 0 Å². The van der Waals surface area contributed by atoms with Crippen LogP contribution in [-0.2, 0) is 21.2 Å². The maximum atomic E-state index is 12.3. The lowest BCUT2D eigenvalue weighted by atomic mass is 10.2. The van der Waals surface area contributed by atoms with E-state index in [0.717, 1.165) is 15.8 Å². The SMILES string of the molecule is CCn1c(=NC(=O)CCS(=O)(=O)c2ccccc2)sc2ccc(Cl)c(C)c21. The van der Waals surface area contributed by atoms with Gasteiger partial charge < -0.3 is 4.57 Å². The van der Waals surface area contributed by atoms with Gasteiger partial charge in [-0.2, -0.15) is 4.99 Å². The minimum Gasteiger partial charge on any atom is -0.316 e. The summed E-state index contributed by atoms with van der Waals surface area (Å²) in [5.74, 6) is -0.715. The molecule has 1 heterocycles. The Hall–Kier alpha value is -1.96. The van der Waals surface area contributed by atoms with Crippen molar-refractivity contribution in [1.29, 1.82) is 0 Å². The molecule has 142 valence electrons. The third-order valence-corrected chi connectivity index (χ3v) is 7.44. The number of hydrogen-bond acceptors (Lipinski definition) is 4. The van der Waals surface area contributed by atoms with Crippen molar-refractivity contribution < 1.29 is 13.2 Å². The molecule has 5 nitrogen and oxygen atoms in total. The van der Waals surface area contributed by atoms with Crippen LogP contribution in [0.4, 0.5) is 0 Å². The molecule has 0 aliphatic carbocycles. The minimum atomic E-state index is -3.50. The molecule has 0 aliphatic heterocycles. The zero-order valence-corrected chi connectivity index (χ0v) is 17.4. The van der Waals surface area contributed by atoms with Gasteiger partial charge in [-0.1, -0.05) is 41.1 Å². The molecule has 0 saturated heterocycles. The molecule has 0 atom stereocenters. The zero-order chi connectivity index (χ0) is 19.6. The van der Waals surface area contributed by atoms with Crippen molar-refractivity contribution in [2.24, 2.45) is 4.99 Å². The fourth-order valence-electron chi connectivity index (χ4n) is 2.82. The summed E-state index contributed by atoms with van der Waals surface area (Å²) in [5, 5.41) is 0.661. The number of hydrogen-bond donors (Lipinski definition) is 0. The number of sulfone groups is 1. The third-order valence-electron chi connectivity index (χ3n) is 4.25. The summed E-state index contributed by atoms with van der Waals surface area (Å²) in [6, 6.07) is 11.9. The maximum Gasteiger partial charge on any atom is 0.249 e. The molecule has 0 radical (unpaired) electrons. The molecule has 0 aliphatic rings. The van der Waals surface area contributed by atoms with Gasteiger partial charge in [-0.3, -0.25) is 4.79 Å². The van der Waals surface area contributed by atoms with Crippen LogP contribution in [0.15, 0.2) is 52.4 Å². The highest BCUT2D eigenvalue weighted by Crippen LogP contribution is 2.27. The van der Waals surface area contributed by atoms with E-state index in [9.17, 15) is 13.2 Å². The second-order valence-corrected chi connectivity index (χ2v) is 9.56. The second kappa shape index (κ2) is 7.96. The number of amides is 1. The van der Waals surface area contributed by atoms with Crippen LogP contribution in [0.1, 0.15) is 18.9 Å². The summed E-state index contributed by atoms with van der Waals surface area (Å²) >= 11 is 7.61. The highest BCUT2D eigenvalue weighted by molar-refractivity contribution is 7.91. The molecule has 0 bridgehead atoms. The average molecular weight is 423 g/mol. The van der Waals surface area contributed by atoms with Crippen molar-refractivity contribution in [2.75, 3.05) is 5.75 Å². The summed E-state index contributed by atoms with van der Waals surface area (Å²) in [4.78, 5) is 17.3. The molecule has 0 spiro atoms. The lowest BCUT2D eigenvalue weighted by Crippen LogP contribution is -2.17. The molecule has 8 heteroatoms. The van der Waals surface area contributed by atoms with Crippen LogP contribution in [0.25, 0.3) is 10.2 Å². The zero-order valence-electron chi connectivity index (χ0n) is 15.0. The van der Waals surface area contributed by atoms with Crippen LogP contribution in [-0.4, -0.2) is 24.6 Å². The number of thiazole rings is 1. The van der Waals surface area contributed by atoms with Crippen LogP contribution >= 0.6 is 22.9 Å². The molecule has 0 saturated carbocycles. The Kier molecular flexibility index (Phi) is 5.83. The van der Waals surface area contributed by atoms with E-state index in [-0.39, 0.29) is 17.1 Å². The highest BCUT2D eigenvalue weighted by atomic mass is 35.5. The van der Waals surface area contributed by atoms with Gasteiger partial charge in [0.1, 0.15) is 0 Å². The van der Waals surface area contributed by atoms with Gasteiger partial charge in [0.15, 0.2) is 14.6 Å². The lowest BCUT2D eigenvalue weighted by Gasteiger charge is -2.05. The molecule has 0 fully saturated rings. The van der Waals surface area contributed by atoms with Crippen molar-refractivity contribution >= 4 is 48.9 Å². The predicted molar refractivity (Wildman–Crippen MR) is 109 cm³/mol. The van der Waals surface area contributed by atoms with Gasteiger partial charge in [-0.05, 0) is 43.7 Å². The Morgan fingerprint density at radius 2 is 1.89 bits per heavy atom. The van der Waals surface area contributed by atoms with E-state index in [1.165, 1.54) is 23.5 Å². The van der Waals surface area contributed by atoms with E-state index in [1.54, 1.807) is 18.2 Å². The van der Waals surface area contributed by atoms with E-state index in [0.29, 0.717) is 16.4 Å². The normalized spacial score (nSPS) is 12.6. The number of aryl methyl sites for hydroxylation is 2. The summed E-state index contributed by atoms with van der Waals surface area (Å²) in [6.45, 7) is 4.53. The average Bonchev–Trinajstić information content (AvgIpc) is 3.01. The first-order valence-corrected chi connectivity index (χ1v) is 11.3. The Morgan fingerprint density at radius 1 is 1.19 bits per heavy atom. The first-order valence-electron chi connectivity index (χ1n) is 8.47. The van der Waals surface area contributed by atoms with Gasteiger partial charge in [0.2, 0.25) is 5.91 Å². The predicted octanol–water partition coefficient (Wildman–Crippen LogP) is 3.98. The Labute approximate surface area is 166 Å². The topological polar surface area (TPSA) is 68.5 Å². The number of rotatable bonds is 5. The van der Waals surface area contributed by atoms with E-state index < -0.39 is 15.7 Å². The lowest BCUT2D eigenvalue weighted by molar-refractivity contribution is -0.117. The summed E-state index contributed by atoms with van der Waals surface area (Å²) in [6.07, 6.45) is -0.158. The summed E-state index contributed by atoms with van der Waals surface area (Å²) < 4.78 is 27.6. The van der Waals surface area contributed by atoms with Gasteiger partial charge in [0.25, 0.3) is 0 Å². The van der Waals surface area contributed by atoms with Crippen LogP contribution in [0.3, 0.4) is 0 Å². The standard InChI is InChI=1S/C19H19ClN2O3S2/c1-3-22-18-13(2)15(20)9-10-16(18)26-19(22)21-17(23)11-12-27(24,25)14-7-5-4-6-8-14/h4-10H,3,11-12H2,1-2H3. The molecule has 0 N–H and O–H groups in total. The van der Waals surface area contributed by atoms with Gasteiger partial charge in [-0.15, -0.1) is 0 Å². The molecular formula is C19H19ClN2O3S2. The Balaban J connectivity index is 1.89. The minimum absolute atomic E-state index is 0.158. The highest BCUT2D eigenvalue weighted by Gasteiger charge is 2.16. The second-order valence-electron chi connectivity index (χ2n) is 6.04. The maximum absolute atomic E-state index is 12.3. The summed E-state index contributed by atoms with van der Waals surface area (Å²) in [5.41, 5.74) is 1.89. The Morgan fingerprint density at radius 3 is 2.56 bits per heavy atom. The number of aromatic nitrogens is 1. The van der Waals surface area contributed by atoms with Crippen molar-refractivity contribution in [3.05, 3.63) is 57.9 Å². The number of benzene rings is 2. The molecule has 0 unspecified atom stereocenters. The van der Waals surface area contributed by atoms with Crippen LogP contribution in [0, 0.1) is 6.92 Å². The van der Waals surface area contributed by atoms with Gasteiger partial charge in [0, 0.05) is 18.0 Å². The van der Waals surface area contributed by atoms with Crippen molar-refractivity contribution in [3.63, 3.8) is 0 Å². The number of carbonyl (C=O) groups excluding carboxylic acids is 1. The molecule has 27 heavy (non-hydrogen) atoms. The molecule has 1 amide bonds. The molecule has 3 aromatic rings. The molecule has 3 rings (SSSR count). The summed E-state index contributed by atoms with van der Waals surface area (Å²) in [7, 11) is -3.50. The van der Waals surface area contributed by atoms with E-state index in [2.05, 4.69) is 4.99 Å². The smallest absolute Gasteiger partial charge is 0.249 e. The van der Waals surface area contributed by atoms with Crippen molar-refractivity contribution in [1.82, 2.24) is 4.57 Å². The van der Waals surface area contributed by atoms with E-state index in [4.69, 9.17) is 11.6 Å². The Bertz CT molecular complexity index is 1160. The first-order chi connectivity index (χ1) is 12.8. The van der Waals surface area contributed by atoms with Crippen molar-refractivity contribution in [2.45, 2.75) is 31.7 Å². The fraction of sp³-hybridized carbons (Fsp3) is 0.263. The number of fused-ring (bicyclic) bond motifs is 1. The molecular weight excluding hydrogens is 404 g/mol. The van der Waals surface area contributed by atoms with E-state index in [1.807, 2.05) is 30.5 Å². The molecule has 1 aromatic heterocycles. The molecule has 2 aromatic carbocycles. The monoisotopic (exact) mass is 422 g/mol. The van der Waals surface area contributed by atoms with Gasteiger partial charge in [0.05, 0.1) is 20.9 Å². The van der Waals surface area contributed by atoms with Gasteiger partial charge >= 0.3 is 0 Å². The largest absolute Gasteiger partial charge is 0.316 e. The van der Waals surface area contributed by atoms with E-state index >= 15 is 0 Å². The fourth-order valence-corrected chi connectivity index (χ4v) is 5.40. The van der Waals surface area contributed by atoms with Crippen LogP contribution < -0.4 is 4.80 Å². The van der Waals surface area contributed by atoms with Gasteiger partial charge in [-0.25, -0.2) is 8.42 Å². The van der Waals surface area contributed by atoms with Crippen LogP contribution in [0.5, 0.6) is 0 Å². The quantitative estimate of drug-likeness (QED) is 0.624. The number of halogens is 1.